The van der Waals surface area contributed by atoms with Gasteiger partial charge < -0.3 is 9.84 Å². The second-order valence-corrected chi connectivity index (χ2v) is 4.46. The van der Waals surface area contributed by atoms with Crippen molar-refractivity contribution in [3.8, 4) is 0 Å². The predicted octanol–water partition coefficient (Wildman–Crippen LogP) is 2.50. The maximum Gasteiger partial charge on any atom is 0.306 e. The van der Waals surface area contributed by atoms with Crippen LogP contribution in [0.3, 0.4) is 0 Å². The molecule has 0 aromatic heterocycles. The molecule has 100 valence electrons. The Morgan fingerprint density at radius 1 is 1.28 bits per heavy atom. The molecule has 0 bridgehead atoms. The number of aryl methyl sites for hydroxylation is 2. The molecule has 1 aromatic rings. The molecular weight excluding hydrogens is 228 g/mol. The molecule has 1 rings (SSSR count). The molecule has 1 unspecified atom stereocenters. The molecule has 0 heterocycles. The van der Waals surface area contributed by atoms with E-state index in [9.17, 15) is 9.90 Å². The van der Waals surface area contributed by atoms with Crippen LogP contribution >= 0.6 is 0 Å². The molecular formula is C15H22O3. The van der Waals surface area contributed by atoms with E-state index in [1.807, 2.05) is 25.1 Å². The molecule has 0 amide bonds. The third-order valence-electron chi connectivity index (χ3n) is 2.85. The summed E-state index contributed by atoms with van der Waals surface area (Å²) in [5.74, 6) is -0.150. The van der Waals surface area contributed by atoms with E-state index >= 15 is 0 Å². The van der Waals surface area contributed by atoms with E-state index in [1.54, 1.807) is 6.92 Å². The van der Waals surface area contributed by atoms with Crippen LogP contribution in [0.15, 0.2) is 24.3 Å². The van der Waals surface area contributed by atoms with Crippen LogP contribution in [0.5, 0.6) is 0 Å². The lowest BCUT2D eigenvalue weighted by Gasteiger charge is -2.10. The monoisotopic (exact) mass is 250 g/mol. The van der Waals surface area contributed by atoms with Crippen molar-refractivity contribution in [1.29, 1.82) is 0 Å². The fourth-order valence-corrected chi connectivity index (χ4v) is 1.88. The summed E-state index contributed by atoms with van der Waals surface area (Å²) in [4.78, 5) is 11.3. The lowest BCUT2D eigenvalue weighted by atomic mass is 9.98. The van der Waals surface area contributed by atoms with Gasteiger partial charge in [0, 0.05) is 6.42 Å². The van der Waals surface area contributed by atoms with Crippen LogP contribution in [0.1, 0.15) is 37.8 Å². The highest BCUT2D eigenvalue weighted by molar-refractivity contribution is 5.69. The second kappa shape index (κ2) is 7.88. The van der Waals surface area contributed by atoms with E-state index in [4.69, 9.17) is 4.74 Å². The van der Waals surface area contributed by atoms with Gasteiger partial charge in [-0.05, 0) is 44.2 Å². The van der Waals surface area contributed by atoms with Crippen molar-refractivity contribution in [2.75, 3.05) is 6.61 Å². The number of rotatable bonds is 7. The fourth-order valence-electron chi connectivity index (χ4n) is 1.88. The molecule has 18 heavy (non-hydrogen) atoms. The quantitative estimate of drug-likeness (QED) is 0.756. The van der Waals surface area contributed by atoms with E-state index in [1.165, 1.54) is 11.1 Å². The summed E-state index contributed by atoms with van der Waals surface area (Å²) >= 11 is 0. The van der Waals surface area contributed by atoms with Crippen molar-refractivity contribution in [3.05, 3.63) is 35.4 Å². The smallest absolute Gasteiger partial charge is 0.306 e. The highest BCUT2D eigenvalue weighted by Crippen LogP contribution is 2.14. The number of aliphatic hydroxyl groups is 1. The zero-order valence-electron chi connectivity index (χ0n) is 11.2. The minimum atomic E-state index is -0.289. The Labute approximate surface area is 109 Å². The van der Waals surface area contributed by atoms with Gasteiger partial charge in [0.05, 0.1) is 12.7 Å². The van der Waals surface area contributed by atoms with Gasteiger partial charge in [-0.25, -0.2) is 0 Å². The van der Waals surface area contributed by atoms with E-state index < -0.39 is 0 Å². The Morgan fingerprint density at radius 2 is 1.89 bits per heavy atom. The number of esters is 1. The molecule has 1 aromatic carbocycles. The number of aliphatic hydroxyl groups excluding tert-OH is 1. The van der Waals surface area contributed by atoms with Crippen molar-refractivity contribution in [2.45, 2.75) is 45.6 Å². The van der Waals surface area contributed by atoms with Gasteiger partial charge in [-0.1, -0.05) is 24.3 Å². The highest BCUT2D eigenvalue weighted by Gasteiger charge is 2.07. The normalized spacial score (nSPS) is 12.2. The molecule has 0 spiro atoms. The Bertz CT molecular complexity index is 372. The van der Waals surface area contributed by atoms with E-state index in [2.05, 4.69) is 6.07 Å². The standard InChI is InChI=1S/C15H22O3/c1-3-18-15(17)11-10-14-7-5-4-6-13(14)9-8-12(2)16/h4-7,12,16H,3,8-11H2,1-2H3. The van der Waals surface area contributed by atoms with Crippen molar-refractivity contribution in [2.24, 2.45) is 0 Å². The van der Waals surface area contributed by atoms with Crippen molar-refractivity contribution >= 4 is 5.97 Å². The SMILES string of the molecule is CCOC(=O)CCc1ccccc1CCC(C)O. The van der Waals surface area contributed by atoms with Crippen LogP contribution in [0.2, 0.25) is 0 Å². The molecule has 0 saturated heterocycles. The van der Waals surface area contributed by atoms with Crippen molar-refractivity contribution < 1.29 is 14.6 Å². The Balaban J connectivity index is 2.56. The van der Waals surface area contributed by atoms with Gasteiger partial charge in [-0.2, -0.15) is 0 Å². The molecule has 1 N–H and O–H groups in total. The molecule has 0 saturated carbocycles. The number of benzene rings is 1. The van der Waals surface area contributed by atoms with Crippen LogP contribution in [0.25, 0.3) is 0 Å². The third-order valence-corrected chi connectivity index (χ3v) is 2.85. The first-order chi connectivity index (χ1) is 8.63. The molecule has 0 aliphatic heterocycles. The molecule has 0 radical (unpaired) electrons. The first-order valence-corrected chi connectivity index (χ1v) is 6.54. The summed E-state index contributed by atoms with van der Waals surface area (Å²) in [7, 11) is 0. The van der Waals surface area contributed by atoms with Crippen molar-refractivity contribution in [1.82, 2.24) is 0 Å². The minimum absolute atomic E-state index is 0.150. The van der Waals surface area contributed by atoms with Gasteiger partial charge in [-0.3, -0.25) is 4.79 Å². The number of hydrogen-bond acceptors (Lipinski definition) is 3. The van der Waals surface area contributed by atoms with E-state index in [0.717, 1.165) is 12.8 Å². The maximum absolute atomic E-state index is 11.3. The number of ether oxygens (including phenoxy) is 1. The summed E-state index contributed by atoms with van der Waals surface area (Å²) in [6, 6.07) is 8.07. The average Bonchev–Trinajstić information content (AvgIpc) is 2.35. The summed E-state index contributed by atoms with van der Waals surface area (Å²) < 4.78 is 4.92. The number of carbonyl (C=O) groups is 1. The van der Waals surface area contributed by atoms with E-state index in [-0.39, 0.29) is 12.1 Å². The Kier molecular flexibility index (Phi) is 6.44. The van der Waals surface area contributed by atoms with E-state index in [0.29, 0.717) is 19.4 Å². The minimum Gasteiger partial charge on any atom is -0.466 e. The summed E-state index contributed by atoms with van der Waals surface area (Å²) in [5.41, 5.74) is 2.38. The summed E-state index contributed by atoms with van der Waals surface area (Å²) in [5, 5.41) is 9.32. The van der Waals surface area contributed by atoms with Gasteiger partial charge >= 0.3 is 5.97 Å². The summed E-state index contributed by atoms with van der Waals surface area (Å²) in [6.07, 6.45) is 2.42. The molecule has 0 aliphatic rings. The first-order valence-electron chi connectivity index (χ1n) is 6.54. The molecule has 1 atom stereocenters. The maximum atomic E-state index is 11.3. The van der Waals surface area contributed by atoms with Gasteiger partial charge in [0.25, 0.3) is 0 Å². The number of hydrogen-bond donors (Lipinski definition) is 1. The van der Waals surface area contributed by atoms with Crippen LogP contribution in [-0.4, -0.2) is 23.8 Å². The molecule has 0 fully saturated rings. The molecule has 0 aliphatic carbocycles. The fraction of sp³-hybridized carbons (Fsp3) is 0.533. The lowest BCUT2D eigenvalue weighted by Crippen LogP contribution is -2.07. The van der Waals surface area contributed by atoms with Gasteiger partial charge in [0.15, 0.2) is 0 Å². The predicted molar refractivity (Wildman–Crippen MR) is 71.4 cm³/mol. The van der Waals surface area contributed by atoms with Gasteiger partial charge in [-0.15, -0.1) is 0 Å². The van der Waals surface area contributed by atoms with Crippen molar-refractivity contribution in [3.63, 3.8) is 0 Å². The third kappa shape index (κ3) is 5.32. The lowest BCUT2D eigenvalue weighted by molar-refractivity contribution is -0.143. The number of carbonyl (C=O) groups excluding carboxylic acids is 1. The first kappa shape index (κ1) is 14.7. The van der Waals surface area contributed by atoms with Crippen LogP contribution < -0.4 is 0 Å². The molecule has 3 nitrogen and oxygen atoms in total. The average molecular weight is 250 g/mol. The highest BCUT2D eigenvalue weighted by atomic mass is 16.5. The largest absolute Gasteiger partial charge is 0.466 e. The molecule has 3 heteroatoms. The van der Waals surface area contributed by atoms with Gasteiger partial charge in [0.1, 0.15) is 0 Å². The topological polar surface area (TPSA) is 46.5 Å². The van der Waals surface area contributed by atoms with Crippen LogP contribution in [-0.2, 0) is 22.4 Å². The van der Waals surface area contributed by atoms with Crippen LogP contribution in [0.4, 0.5) is 0 Å². The van der Waals surface area contributed by atoms with Crippen LogP contribution in [0, 0.1) is 0 Å². The second-order valence-electron chi connectivity index (χ2n) is 4.46. The van der Waals surface area contributed by atoms with Gasteiger partial charge in [0.2, 0.25) is 0 Å². The zero-order chi connectivity index (χ0) is 13.4. The zero-order valence-corrected chi connectivity index (χ0v) is 11.2. The summed E-state index contributed by atoms with van der Waals surface area (Å²) in [6.45, 7) is 4.04. The Morgan fingerprint density at radius 3 is 2.44 bits per heavy atom. The Hall–Kier alpha value is -1.35.